The van der Waals surface area contributed by atoms with Crippen LogP contribution in [0.25, 0.3) is 5.65 Å². The first-order valence-corrected chi connectivity index (χ1v) is 9.12. The van der Waals surface area contributed by atoms with E-state index in [0.29, 0.717) is 28.0 Å². The molecule has 7 nitrogen and oxygen atoms in total. The SMILES string of the molecule is C[C@H](NC(=O)c1ccc2ncc(C#Cc3cnc(N)nc3)cn12)c1cccc(F)c1. The van der Waals surface area contributed by atoms with E-state index in [1.54, 1.807) is 48.0 Å². The van der Waals surface area contributed by atoms with Crippen molar-refractivity contribution in [2.24, 2.45) is 0 Å². The summed E-state index contributed by atoms with van der Waals surface area (Å²) in [5.41, 5.74) is 8.39. The van der Waals surface area contributed by atoms with Crippen LogP contribution in [-0.4, -0.2) is 25.3 Å². The number of fused-ring (bicyclic) bond motifs is 1. The Bertz CT molecular complexity index is 1290. The van der Waals surface area contributed by atoms with Gasteiger partial charge in [-0.15, -0.1) is 0 Å². The summed E-state index contributed by atoms with van der Waals surface area (Å²) in [5.74, 6) is 5.44. The zero-order valence-electron chi connectivity index (χ0n) is 16.0. The van der Waals surface area contributed by atoms with Gasteiger partial charge in [0.15, 0.2) is 0 Å². The van der Waals surface area contributed by atoms with Crippen molar-refractivity contribution in [3.63, 3.8) is 0 Å². The van der Waals surface area contributed by atoms with Crippen LogP contribution in [-0.2, 0) is 0 Å². The maximum Gasteiger partial charge on any atom is 0.268 e. The van der Waals surface area contributed by atoms with E-state index in [2.05, 4.69) is 32.1 Å². The Morgan fingerprint density at radius 1 is 1.10 bits per heavy atom. The highest BCUT2D eigenvalue weighted by atomic mass is 19.1. The summed E-state index contributed by atoms with van der Waals surface area (Å²) in [5, 5.41) is 2.88. The van der Waals surface area contributed by atoms with Crippen molar-refractivity contribution in [2.45, 2.75) is 13.0 Å². The second kappa shape index (κ2) is 8.01. The van der Waals surface area contributed by atoms with Crippen LogP contribution in [0, 0.1) is 17.7 Å². The van der Waals surface area contributed by atoms with Gasteiger partial charge in [-0.2, -0.15) is 0 Å². The van der Waals surface area contributed by atoms with E-state index in [1.165, 1.54) is 24.5 Å². The Morgan fingerprint density at radius 2 is 1.83 bits per heavy atom. The van der Waals surface area contributed by atoms with E-state index in [-0.39, 0.29) is 23.7 Å². The first-order valence-electron chi connectivity index (χ1n) is 9.12. The minimum absolute atomic E-state index is 0.180. The van der Waals surface area contributed by atoms with Crippen LogP contribution in [0.2, 0.25) is 0 Å². The normalized spacial score (nSPS) is 11.5. The molecule has 0 aliphatic carbocycles. The van der Waals surface area contributed by atoms with Crippen LogP contribution in [0.5, 0.6) is 0 Å². The van der Waals surface area contributed by atoms with Crippen LogP contribution in [0.15, 0.2) is 61.2 Å². The van der Waals surface area contributed by atoms with E-state index < -0.39 is 0 Å². The lowest BCUT2D eigenvalue weighted by Crippen LogP contribution is -2.27. The monoisotopic (exact) mass is 400 g/mol. The molecule has 0 bridgehead atoms. The van der Waals surface area contributed by atoms with Crippen LogP contribution < -0.4 is 11.1 Å². The fourth-order valence-electron chi connectivity index (χ4n) is 2.91. The molecule has 4 aromatic rings. The maximum absolute atomic E-state index is 13.5. The lowest BCUT2D eigenvalue weighted by Gasteiger charge is -2.14. The summed E-state index contributed by atoms with van der Waals surface area (Å²) in [6.07, 6.45) is 6.42. The van der Waals surface area contributed by atoms with Gasteiger partial charge in [0.1, 0.15) is 17.2 Å². The van der Waals surface area contributed by atoms with Crippen LogP contribution >= 0.6 is 0 Å². The van der Waals surface area contributed by atoms with E-state index in [1.807, 2.05) is 0 Å². The minimum Gasteiger partial charge on any atom is -0.368 e. The predicted molar refractivity (Wildman–Crippen MR) is 110 cm³/mol. The zero-order valence-corrected chi connectivity index (χ0v) is 16.0. The molecule has 0 saturated carbocycles. The fraction of sp³-hybridized carbons (Fsp3) is 0.0909. The number of hydrogen-bond acceptors (Lipinski definition) is 5. The number of aromatic nitrogens is 4. The molecule has 1 atom stereocenters. The smallest absolute Gasteiger partial charge is 0.268 e. The lowest BCUT2D eigenvalue weighted by molar-refractivity contribution is 0.0934. The van der Waals surface area contributed by atoms with Gasteiger partial charge in [0.25, 0.3) is 5.91 Å². The number of carbonyl (C=O) groups is 1. The zero-order chi connectivity index (χ0) is 21.1. The molecular weight excluding hydrogens is 383 g/mol. The van der Waals surface area contributed by atoms with Crippen molar-refractivity contribution >= 4 is 17.5 Å². The number of nitrogens with one attached hydrogen (secondary N) is 1. The van der Waals surface area contributed by atoms with Gasteiger partial charge in [-0.1, -0.05) is 24.0 Å². The van der Waals surface area contributed by atoms with E-state index in [9.17, 15) is 9.18 Å². The molecule has 0 radical (unpaired) electrons. The van der Waals surface area contributed by atoms with Crippen LogP contribution in [0.1, 0.15) is 40.1 Å². The Hall–Kier alpha value is -4.25. The lowest BCUT2D eigenvalue weighted by atomic mass is 10.1. The van der Waals surface area contributed by atoms with Crippen molar-refractivity contribution in [3.05, 3.63) is 89.4 Å². The Balaban J connectivity index is 1.58. The molecule has 1 aromatic carbocycles. The Labute approximate surface area is 171 Å². The Kier molecular flexibility index (Phi) is 5.09. The van der Waals surface area contributed by atoms with Crippen molar-refractivity contribution < 1.29 is 9.18 Å². The topological polar surface area (TPSA) is 98.2 Å². The number of anilines is 1. The van der Waals surface area contributed by atoms with Gasteiger partial charge in [0, 0.05) is 24.8 Å². The van der Waals surface area contributed by atoms with Gasteiger partial charge in [0.2, 0.25) is 5.95 Å². The molecule has 0 spiro atoms. The summed E-state index contributed by atoms with van der Waals surface area (Å²) in [4.78, 5) is 24.9. The molecular formula is C22H17FN6O. The molecule has 0 saturated heterocycles. The minimum atomic E-state index is -0.361. The third-order valence-corrected chi connectivity index (χ3v) is 4.45. The molecule has 4 rings (SSSR count). The number of halogens is 1. The average molecular weight is 400 g/mol. The average Bonchev–Trinajstić information content (AvgIpc) is 3.16. The van der Waals surface area contributed by atoms with Gasteiger partial charge in [0.05, 0.1) is 17.2 Å². The number of benzene rings is 1. The number of nitrogen functional groups attached to an aromatic ring is 1. The van der Waals surface area contributed by atoms with Crippen molar-refractivity contribution in [1.29, 1.82) is 0 Å². The highest BCUT2D eigenvalue weighted by Crippen LogP contribution is 2.16. The Morgan fingerprint density at radius 3 is 2.60 bits per heavy atom. The highest BCUT2D eigenvalue weighted by Gasteiger charge is 2.15. The van der Waals surface area contributed by atoms with E-state index in [0.717, 1.165) is 0 Å². The first-order chi connectivity index (χ1) is 14.5. The van der Waals surface area contributed by atoms with Gasteiger partial charge in [-0.3, -0.25) is 9.20 Å². The van der Waals surface area contributed by atoms with Gasteiger partial charge in [-0.05, 0) is 36.8 Å². The molecule has 8 heteroatoms. The molecule has 0 aliphatic rings. The van der Waals surface area contributed by atoms with Crippen molar-refractivity contribution in [3.8, 4) is 11.8 Å². The summed E-state index contributed by atoms with van der Waals surface area (Å²) in [6.45, 7) is 1.80. The first kappa shape index (κ1) is 19.1. The molecule has 0 aliphatic heterocycles. The molecule has 0 unspecified atom stereocenters. The maximum atomic E-state index is 13.5. The van der Waals surface area contributed by atoms with E-state index in [4.69, 9.17) is 5.73 Å². The molecule has 3 N–H and O–H groups in total. The molecule has 30 heavy (non-hydrogen) atoms. The predicted octanol–water partition coefficient (Wildman–Crippen LogP) is 2.74. The molecule has 148 valence electrons. The van der Waals surface area contributed by atoms with Crippen molar-refractivity contribution in [2.75, 3.05) is 5.73 Å². The summed E-state index contributed by atoms with van der Waals surface area (Å²) in [7, 11) is 0. The number of carbonyl (C=O) groups excluding carboxylic acids is 1. The van der Waals surface area contributed by atoms with E-state index >= 15 is 0 Å². The summed E-state index contributed by atoms with van der Waals surface area (Å²) in [6, 6.07) is 9.20. The van der Waals surface area contributed by atoms with Gasteiger partial charge < -0.3 is 11.1 Å². The third-order valence-electron chi connectivity index (χ3n) is 4.45. The second-order valence-electron chi connectivity index (χ2n) is 6.62. The number of rotatable bonds is 3. The number of nitrogens with two attached hydrogens (primary N) is 1. The van der Waals surface area contributed by atoms with Gasteiger partial charge >= 0.3 is 0 Å². The summed E-state index contributed by atoms with van der Waals surface area (Å²) < 4.78 is 15.1. The number of hydrogen-bond donors (Lipinski definition) is 2. The van der Waals surface area contributed by atoms with Crippen LogP contribution in [0.3, 0.4) is 0 Å². The largest absolute Gasteiger partial charge is 0.368 e. The molecule has 0 fully saturated rings. The fourth-order valence-corrected chi connectivity index (χ4v) is 2.91. The van der Waals surface area contributed by atoms with Gasteiger partial charge in [-0.25, -0.2) is 19.3 Å². The highest BCUT2D eigenvalue weighted by molar-refractivity contribution is 5.94. The summed E-state index contributed by atoms with van der Waals surface area (Å²) >= 11 is 0. The standard InChI is InChI=1S/C22H17FN6O/c1-14(17-3-2-4-18(23)9-17)28-21(30)19-7-8-20-25-12-16(13-29(19)20)6-5-15-10-26-22(24)27-11-15/h2-4,7-14H,1H3,(H,28,30)(H2,24,26,27)/t14-/m0/s1. The molecule has 1 amide bonds. The molecule has 3 heterocycles. The number of nitrogens with zero attached hydrogens (tertiary/aromatic N) is 4. The second-order valence-corrected chi connectivity index (χ2v) is 6.62. The van der Waals surface area contributed by atoms with Crippen LogP contribution in [0.4, 0.5) is 10.3 Å². The van der Waals surface area contributed by atoms with Crippen molar-refractivity contribution in [1.82, 2.24) is 24.7 Å². The third kappa shape index (κ3) is 4.10. The quantitative estimate of drug-likeness (QED) is 0.515. The number of amides is 1. The molecule has 3 aromatic heterocycles.